The molecule has 0 aromatic carbocycles. The first-order chi connectivity index (χ1) is 11.5. The number of hydrogen-bond donors (Lipinski definition) is 0. The third-order valence-electron chi connectivity index (χ3n) is 4.56. The van der Waals surface area contributed by atoms with Gasteiger partial charge in [0.25, 0.3) is 5.91 Å². The van der Waals surface area contributed by atoms with Gasteiger partial charge in [-0.3, -0.25) is 14.4 Å². The van der Waals surface area contributed by atoms with Crippen molar-refractivity contribution in [3.8, 4) is 0 Å². The second kappa shape index (κ2) is 6.72. The lowest BCUT2D eigenvalue weighted by atomic mass is 10.1. The number of piperazine rings is 1. The summed E-state index contributed by atoms with van der Waals surface area (Å²) in [5, 5.41) is 8.33. The molecule has 0 saturated carbocycles. The first-order valence-electron chi connectivity index (χ1n) is 8.33. The average Bonchev–Trinajstić information content (AvgIpc) is 3.12. The molecule has 0 aliphatic carbocycles. The Morgan fingerprint density at radius 1 is 1.21 bits per heavy atom. The van der Waals surface area contributed by atoms with E-state index in [2.05, 4.69) is 20.1 Å². The Balaban J connectivity index is 1.59. The summed E-state index contributed by atoms with van der Waals surface area (Å²) in [7, 11) is 1.87. The van der Waals surface area contributed by atoms with E-state index in [-0.39, 0.29) is 5.91 Å². The molecule has 0 radical (unpaired) electrons. The minimum Gasteiger partial charge on any atom is -0.339 e. The summed E-state index contributed by atoms with van der Waals surface area (Å²) in [6.07, 6.45) is 0.749. The van der Waals surface area contributed by atoms with Crippen LogP contribution in [0.15, 0.2) is 4.52 Å². The van der Waals surface area contributed by atoms with Crippen molar-refractivity contribution in [3.05, 3.63) is 28.7 Å². The molecular weight excluding hydrogens is 308 g/mol. The highest BCUT2D eigenvalue weighted by Gasteiger charge is 2.26. The van der Waals surface area contributed by atoms with Gasteiger partial charge in [0.1, 0.15) is 0 Å². The molecule has 1 amide bonds. The molecule has 24 heavy (non-hydrogen) atoms. The molecule has 3 rings (SSSR count). The molecule has 0 bridgehead atoms. The average molecular weight is 332 g/mol. The van der Waals surface area contributed by atoms with Crippen LogP contribution >= 0.6 is 0 Å². The number of nitrogens with zero attached hydrogens (tertiary/aromatic N) is 6. The monoisotopic (exact) mass is 332 g/mol. The number of carbonyl (C=O) groups excluding carboxylic acids is 1. The lowest BCUT2D eigenvalue weighted by Gasteiger charge is -2.34. The van der Waals surface area contributed by atoms with Crippen LogP contribution in [0.3, 0.4) is 0 Å². The Bertz CT molecular complexity index is 727. The zero-order valence-corrected chi connectivity index (χ0v) is 14.7. The molecule has 2 aromatic heterocycles. The van der Waals surface area contributed by atoms with Crippen LogP contribution in [0.4, 0.5) is 0 Å². The number of aryl methyl sites for hydroxylation is 3. The van der Waals surface area contributed by atoms with E-state index in [0.717, 1.165) is 36.5 Å². The van der Waals surface area contributed by atoms with Gasteiger partial charge in [-0.25, -0.2) is 0 Å². The Morgan fingerprint density at radius 3 is 2.46 bits per heavy atom. The molecule has 0 N–H and O–H groups in total. The maximum atomic E-state index is 12.8. The summed E-state index contributed by atoms with van der Waals surface area (Å²) in [6, 6.07) is 0. The summed E-state index contributed by atoms with van der Waals surface area (Å²) in [5.41, 5.74) is 2.44. The van der Waals surface area contributed by atoms with E-state index in [4.69, 9.17) is 4.52 Å². The number of aromatic nitrogens is 4. The molecule has 1 saturated heterocycles. The highest BCUT2D eigenvalue weighted by Crippen LogP contribution is 2.16. The fourth-order valence-corrected chi connectivity index (χ4v) is 3.05. The SMILES string of the molecule is CCc1nc(CN2CCN(C(=O)c3c(C)nn(C)c3C)CC2)no1. The number of rotatable bonds is 4. The van der Waals surface area contributed by atoms with Gasteiger partial charge < -0.3 is 9.42 Å². The van der Waals surface area contributed by atoms with E-state index in [1.165, 1.54) is 0 Å². The molecule has 8 heteroatoms. The van der Waals surface area contributed by atoms with Gasteiger partial charge in [0.2, 0.25) is 5.89 Å². The van der Waals surface area contributed by atoms with E-state index in [0.29, 0.717) is 31.3 Å². The number of carbonyl (C=O) groups is 1. The molecule has 2 aromatic rings. The zero-order valence-electron chi connectivity index (χ0n) is 14.7. The second-order valence-corrected chi connectivity index (χ2v) is 6.20. The highest BCUT2D eigenvalue weighted by molar-refractivity contribution is 5.96. The van der Waals surface area contributed by atoms with Gasteiger partial charge >= 0.3 is 0 Å². The fourth-order valence-electron chi connectivity index (χ4n) is 3.05. The van der Waals surface area contributed by atoms with E-state index in [1.54, 1.807) is 4.68 Å². The normalized spacial score (nSPS) is 15.9. The largest absolute Gasteiger partial charge is 0.339 e. The molecule has 8 nitrogen and oxygen atoms in total. The summed E-state index contributed by atoms with van der Waals surface area (Å²) in [4.78, 5) is 21.3. The van der Waals surface area contributed by atoms with Gasteiger partial charge in [0.05, 0.1) is 17.8 Å². The lowest BCUT2D eigenvalue weighted by molar-refractivity contribution is 0.0623. The van der Waals surface area contributed by atoms with Crippen LogP contribution in [0, 0.1) is 13.8 Å². The Kier molecular flexibility index (Phi) is 4.66. The van der Waals surface area contributed by atoms with Crippen molar-refractivity contribution in [3.63, 3.8) is 0 Å². The van der Waals surface area contributed by atoms with Crippen molar-refractivity contribution in [2.75, 3.05) is 26.2 Å². The maximum absolute atomic E-state index is 12.8. The molecule has 0 spiro atoms. The van der Waals surface area contributed by atoms with Gasteiger partial charge in [-0.15, -0.1) is 0 Å². The molecule has 130 valence electrons. The lowest BCUT2D eigenvalue weighted by Crippen LogP contribution is -2.48. The van der Waals surface area contributed by atoms with Crippen molar-refractivity contribution in [2.24, 2.45) is 7.05 Å². The Labute approximate surface area is 141 Å². The van der Waals surface area contributed by atoms with E-state index < -0.39 is 0 Å². The van der Waals surface area contributed by atoms with Gasteiger partial charge in [-0.2, -0.15) is 10.1 Å². The highest BCUT2D eigenvalue weighted by atomic mass is 16.5. The van der Waals surface area contributed by atoms with Crippen LogP contribution in [-0.2, 0) is 20.0 Å². The molecule has 1 aliphatic heterocycles. The number of amides is 1. The topological polar surface area (TPSA) is 80.3 Å². The van der Waals surface area contributed by atoms with E-state index in [9.17, 15) is 4.79 Å². The van der Waals surface area contributed by atoms with Gasteiger partial charge in [0.15, 0.2) is 5.82 Å². The van der Waals surface area contributed by atoms with Gasteiger partial charge in [0, 0.05) is 45.3 Å². The molecular formula is C16H24N6O2. The maximum Gasteiger partial charge on any atom is 0.257 e. The fraction of sp³-hybridized carbons (Fsp3) is 0.625. The molecule has 3 heterocycles. The van der Waals surface area contributed by atoms with Gasteiger partial charge in [-0.1, -0.05) is 12.1 Å². The van der Waals surface area contributed by atoms with E-state index in [1.807, 2.05) is 32.7 Å². The van der Waals surface area contributed by atoms with Crippen molar-refractivity contribution >= 4 is 5.91 Å². The first-order valence-corrected chi connectivity index (χ1v) is 8.33. The van der Waals surface area contributed by atoms with Crippen molar-refractivity contribution in [1.29, 1.82) is 0 Å². The number of hydrogen-bond acceptors (Lipinski definition) is 6. The summed E-state index contributed by atoms with van der Waals surface area (Å²) in [5.74, 6) is 1.46. The molecule has 0 atom stereocenters. The van der Waals surface area contributed by atoms with Crippen molar-refractivity contribution < 1.29 is 9.32 Å². The smallest absolute Gasteiger partial charge is 0.257 e. The standard InChI is InChI=1S/C16H24N6O2/c1-5-14-17-13(19-24-14)10-21-6-8-22(9-7-21)16(23)15-11(2)18-20(4)12(15)3/h5-10H2,1-4H3. The predicted octanol–water partition coefficient (Wildman–Crippen LogP) is 0.940. The first kappa shape index (κ1) is 16.6. The zero-order chi connectivity index (χ0) is 17.3. The predicted molar refractivity (Wildman–Crippen MR) is 87.5 cm³/mol. The minimum absolute atomic E-state index is 0.0746. The third kappa shape index (κ3) is 3.19. The summed E-state index contributed by atoms with van der Waals surface area (Å²) >= 11 is 0. The minimum atomic E-state index is 0.0746. The van der Waals surface area contributed by atoms with Crippen LogP contribution < -0.4 is 0 Å². The van der Waals surface area contributed by atoms with Crippen molar-refractivity contribution in [2.45, 2.75) is 33.7 Å². The molecule has 1 fully saturated rings. The van der Waals surface area contributed by atoms with Crippen LogP contribution in [0.25, 0.3) is 0 Å². The summed E-state index contributed by atoms with van der Waals surface area (Å²) < 4.78 is 6.90. The van der Waals surface area contributed by atoms with Crippen LogP contribution in [-0.4, -0.2) is 61.8 Å². The summed E-state index contributed by atoms with van der Waals surface area (Å²) in [6.45, 7) is 9.49. The Hall–Kier alpha value is -2.22. The second-order valence-electron chi connectivity index (χ2n) is 6.20. The Morgan fingerprint density at radius 2 is 1.92 bits per heavy atom. The van der Waals surface area contributed by atoms with E-state index >= 15 is 0 Å². The van der Waals surface area contributed by atoms with Crippen molar-refractivity contribution in [1.82, 2.24) is 29.7 Å². The van der Waals surface area contributed by atoms with Crippen LogP contribution in [0.5, 0.6) is 0 Å². The van der Waals surface area contributed by atoms with Crippen LogP contribution in [0.1, 0.15) is 40.4 Å². The molecule has 1 aliphatic rings. The quantitative estimate of drug-likeness (QED) is 0.829. The molecule has 0 unspecified atom stereocenters. The third-order valence-corrected chi connectivity index (χ3v) is 4.56. The van der Waals surface area contributed by atoms with Gasteiger partial charge in [-0.05, 0) is 13.8 Å². The van der Waals surface area contributed by atoms with Crippen LogP contribution in [0.2, 0.25) is 0 Å².